The average Bonchev–Trinajstić information content (AvgIpc) is 2.59. The Hall–Kier alpha value is -1.88. The van der Waals surface area contributed by atoms with Gasteiger partial charge in [0.2, 0.25) is 11.8 Å². The number of aryl methyl sites for hydroxylation is 1. The number of nitrogens with zero attached hydrogens (tertiary/aromatic N) is 1. The standard InChI is InChI=1S/C18H25N3O2/c19-11-14-3-1-2-13(10-14)4-7-18(23)21-9-8-16-15(12-21)5-6-17(22)20-16/h1-3,10,15-16H,4-9,11-12,19H2,(H,20,22). The van der Waals surface area contributed by atoms with Crippen molar-refractivity contribution in [3.8, 4) is 0 Å². The van der Waals surface area contributed by atoms with Crippen molar-refractivity contribution >= 4 is 11.8 Å². The van der Waals surface area contributed by atoms with Crippen LogP contribution in [0.1, 0.15) is 36.8 Å². The number of hydrogen-bond acceptors (Lipinski definition) is 3. The van der Waals surface area contributed by atoms with E-state index < -0.39 is 0 Å². The Balaban J connectivity index is 1.51. The first-order valence-electron chi connectivity index (χ1n) is 8.50. The van der Waals surface area contributed by atoms with Gasteiger partial charge in [-0.1, -0.05) is 24.3 Å². The molecule has 124 valence electrons. The van der Waals surface area contributed by atoms with Crippen molar-refractivity contribution in [2.75, 3.05) is 13.1 Å². The van der Waals surface area contributed by atoms with Crippen LogP contribution in [0.15, 0.2) is 24.3 Å². The van der Waals surface area contributed by atoms with E-state index in [1.54, 1.807) is 0 Å². The van der Waals surface area contributed by atoms with Crippen LogP contribution >= 0.6 is 0 Å². The third-order valence-electron chi connectivity index (χ3n) is 5.03. The van der Waals surface area contributed by atoms with E-state index >= 15 is 0 Å². The smallest absolute Gasteiger partial charge is 0.222 e. The molecular formula is C18H25N3O2. The molecule has 5 heteroatoms. The molecule has 0 saturated carbocycles. The van der Waals surface area contributed by atoms with Crippen LogP contribution in [-0.4, -0.2) is 35.8 Å². The molecule has 0 aliphatic carbocycles. The zero-order valence-electron chi connectivity index (χ0n) is 13.5. The fourth-order valence-corrected chi connectivity index (χ4v) is 3.66. The minimum absolute atomic E-state index is 0.158. The summed E-state index contributed by atoms with van der Waals surface area (Å²) in [5, 5.41) is 3.06. The van der Waals surface area contributed by atoms with Gasteiger partial charge < -0.3 is 16.0 Å². The summed E-state index contributed by atoms with van der Waals surface area (Å²) in [6.45, 7) is 2.07. The molecule has 2 saturated heterocycles. The molecule has 2 atom stereocenters. The number of amides is 2. The van der Waals surface area contributed by atoms with Gasteiger partial charge >= 0.3 is 0 Å². The number of nitrogens with two attached hydrogens (primary N) is 1. The minimum Gasteiger partial charge on any atom is -0.353 e. The number of hydrogen-bond donors (Lipinski definition) is 2. The van der Waals surface area contributed by atoms with E-state index in [1.807, 2.05) is 17.0 Å². The summed E-state index contributed by atoms with van der Waals surface area (Å²) in [7, 11) is 0. The fraction of sp³-hybridized carbons (Fsp3) is 0.556. The summed E-state index contributed by atoms with van der Waals surface area (Å²) < 4.78 is 0. The zero-order chi connectivity index (χ0) is 16.2. The fourth-order valence-electron chi connectivity index (χ4n) is 3.66. The molecule has 2 fully saturated rings. The molecule has 2 amide bonds. The Morgan fingerprint density at radius 1 is 1.30 bits per heavy atom. The van der Waals surface area contributed by atoms with Gasteiger partial charge in [0.25, 0.3) is 0 Å². The van der Waals surface area contributed by atoms with Crippen LogP contribution in [0.2, 0.25) is 0 Å². The highest BCUT2D eigenvalue weighted by Gasteiger charge is 2.34. The summed E-state index contributed by atoms with van der Waals surface area (Å²) >= 11 is 0. The maximum absolute atomic E-state index is 12.5. The summed E-state index contributed by atoms with van der Waals surface area (Å²) in [6.07, 6.45) is 3.67. The van der Waals surface area contributed by atoms with Crippen molar-refractivity contribution in [3.63, 3.8) is 0 Å². The summed E-state index contributed by atoms with van der Waals surface area (Å²) in [5.41, 5.74) is 7.93. The van der Waals surface area contributed by atoms with Gasteiger partial charge in [0.05, 0.1) is 0 Å². The highest BCUT2D eigenvalue weighted by molar-refractivity contribution is 5.78. The molecule has 2 unspecified atom stereocenters. The highest BCUT2D eigenvalue weighted by Crippen LogP contribution is 2.25. The number of piperidine rings is 2. The van der Waals surface area contributed by atoms with Gasteiger partial charge in [0.1, 0.15) is 0 Å². The SMILES string of the molecule is NCc1cccc(CCC(=O)N2CCC3NC(=O)CCC3C2)c1. The summed E-state index contributed by atoms with van der Waals surface area (Å²) in [6, 6.07) is 8.40. The number of benzene rings is 1. The molecule has 1 aromatic carbocycles. The topological polar surface area (TPSA) is 75.4 Å². The lowest BCUT2D eigenvalue weighted by Gasteiger charge is -2.41. The monoisotopic (exact) mass is 315 g/mol. The Labute approximate surface area is 137 Å². The Bertz CT molecular complexity index is 587. The molecule has 0 aromatic heterocycles. The molecule has 1 aromatic rings. The lowest BCUT2D eigenvalue weighted by molar-refractivity contribution is -0.134. The van der Waals surface area contributed by atoms with Crippen molar-refractivity contribution < 1.29 is 9.59 Å². The van der Waals surface area contributed by atoms with E-state index in [-0.39, 0.29) is 17.9 Å². The first-order chi connectivity index (χ1) is 11.2. The average molecular weight is 315 g/mol. The number of likely N-dealkylation sites (tertiary alicyclic amines) is 1. The maximum atomic E-state index is 12.5. The third-order valence-corrected chi connectivity index (χ3v) is 5.03. The lowest BCUT2D eigenvalue weighted by Crippen LogP contribution is -2.55. The van der Waals surface area contributed by atoms with Crippen LogP contribution in [0.5, 0.6) is 0 Å². The number of fused-ring (bicyclic) bond motifs is 1. The maximum Gasteiger partial charge on any atom is 0.222 e. The number of rotatable bonds is 4. The summed E-state index contributed by atoms with van der Waals surface area (Å²) in [4.78, 5) is 25.9. The lowest BCUT2D eigenvalue weighted by atomic mass is 9.85. The van der Waals surface area contributed by atoms with E-state index in [0.29, 0.717) is 25.3 Å². The second-order valence-corrected chi connectivity index (χ2v) is 6.63. The zero-order valence-corrected chi connectivity index (χ0v) is 13.5. The molecule has 0 spiro atoms. The van der Waals surface area contributed by atoms with Gasteiger partial charge in [-0.05, 0) is 36.3 Å². The molecule has 0 radical (unpaired) electrons. The Kier molecular flexibility index (Phi) is 4.96. The molecule has 23 heavy (non-hydrogen) atoms. The molecule has 2 aliphatic rings. The largest absolute Gasteiger partial charge is 0.353 e. The van der Waals surface area contributed by atoms with E-state index in [0.717, 1.165) is 37.9 Å². The minimum atomic E-state index is 0.158. The van der Waals surface area contributed by atoms with Crippen molar-refractivity contribution in [1.29, 1.82) is 0 Å². The molecule has 0 bridgehead atoms. The van der Waals surface area contributed by atoms with Gasteiger partial charge in [-0.2, -0.15) is 0 Å². The van der Waals surface area contributed by atoms with Crippen molar-refractivity contribution in [3.05, 3.63) is 35.4 Å². The van der Waals surface area contributed by atoms with Crippen LogP contribution in [0.3, 0.4) is 0 Å². The molecule has 5 nitrogen and oxygen atoms in total. The van der Waals surface area contributed by atoms with Crippen LogP contribution in [-0.2, 0) is 22.6 Å². The normalized spacial score (nSPS) is 24.0. The molecule has 2 heterocycles. The van der Waals surface area contributed by atoms with Crippen LogP contribution in [0, 0.1) is 5.92 Å². The van der Waals surface area contributed by atoms with Gasteiger partial charge in [-0.15, -0.1) is 0 Å². The van der Waals surface area contributed by atoms with E-state index in [9.17, 15) is 9.59 Å². The quantitative estimate of drug-likeness (QED) is 0.877. The molecule has 2 aliphatic heterocycles. The van der Waals surface area contributed by atoms with Gasteiger partial charge in [-0.25, -0.2) is 0 Å². The van der Waals surface area contributed by atoms with Crippen molar-refractivity contribution in [2.45, 2.75) is 44.7 Å². The van der Waals surface area contributed by atoms with E-state index in [4.69, 9.17) is 5.73 Å². The highest BCUT2D eigenvalue weighted by atomic mass is 16.2. The van der Waals surface area contributed by atoms with Gasteiger partial charge in [0.15, 0.2) is 0 Å². The molecular weight excluding hydrogens is 290 g/mol. The van der Waals surface area contributed by atoms with E-state index in [1.165, 1.54) is 5.56 Å². The number of carbonyl (C=O) groups excluding carboxylic acids is 2. The predicted octanol–water partition coefficient (Wildman–Crippen LogP) is 1.20. The second kappa shape index (κ2) is 7.13. The first-order valence-corrected chi connectivity index (χ1v) is 8.50. The van der Waals surface area contributed by atoms with Crippen molar-refractivity contribution in [2.24, 2.45) is 11.7 Å². The summed E-state index contributed by atoms with van der Waals surface area (Å²) in [5.74, 6) is 0.801. The number of nitrogens with one attached hydrogen (secondary N) is 1. The predicted molar refractivity (Wildman–Crippen MR) is 88.5 cm³/mol. The Morgan fingerprint density at radius 3 is 2.96 bits per heavy atom. The van der Waals surface area contributed by atoms with E-state index in [2.05, 4.69) is 17.4 Å². The third kappa shape index (κ3) is 3.91. The molecule has 3 N–H and O–H groups in total. The number of carbonyl (C=O) groups is 2. The first kappa shape index (κ1) is 16.0. The van der Waals surface area contributed by atoms with Crippen LogP contribution in [0.25, 0.3) is 0 Å². The van der Waals surface area contributed by atoms with Crippen molar-refractivity contribution in [1.82, 2.24) is 10.2 Å². The van der Waals surface area contributed by atoms with Crippen LogP contribution < -0.4 is 11.1 Å². The Morgan fingerprint density at radius 2 is 2.13 bits per heavy atom. The van der Waals surface area contributed by atoms with Crippen LogP contribution in [0.4, 0.5) is 0 Å². The van der Waals surface area contributed by atoms with Gasteiger partial charge in [-0.3, -0.25) is 9.59 Å². The molecule has 3 rings (SSSR count). The second-order valence-electron chi connectivity index (χ2n) is 6.63. The van der Waals surface area contributed by atoms with Gasteiger partial charge in [0, 0.05) is 38.5 Å².